The van der Waals surface area contributed by atoms with Gasteiger partial charge in [-0.05, 0) is 43.5 Å². The highest BCUT2D eigenvalue weighted by atomic mass is 16.2. The van der Waals surface area contributed by atoms with E-state index in [2.05, 4.69) is 17.6 Å². The van der Waals surface area contributed by atoms with Gasteiger partial charge in [0.05, 0.1) is 0 Å². The topological polar surface area (TPSA) is 61.4 Å². The van der Waals surface area contributed by atoms with Gasteiger partial charge in [-0.3, -0.25) is 9.59 Å². The summed E-state index contributed by atoms with van der Waals surface area (Å²) in [7, 11) is 0. The van der Waals surface area contributed by atoms with Crippen molar-refractivity contribution in [3.63, 3.8) is 0 Å². The molecule has 2 unspecified atom stereocenters. The van der Waals surface area contributed by atoms with Gasteiger partial charge in [-0.15, -0.1) is 0 Å². The van der Waals surface area contributed by atoms with Crippen molar-refractivity contribution in [2.24, 2.45) is 11.8 Å². The van der Waals surface area contributed by atoms with E-state index < -0.39 is 0 Å². The number of hydrogen-bond acceptors (Lipinski definition) is 3. The van der Waals surface area contributed by atoms with Gasteiger partial charge in [0.1, 0.15) is 0 Å². The van der Waals surface area contributed by atoms with Crippen LogP contribution in [0, 0.1) is 11.8 Å². The number of hydrogen-bond donors (Lipinski definition) is 2. The molecule has 0 bridgehead atoms. The van der Waals surface area contributed by atoms with E-state index in [0.29, 0.717) is 17.2 Å². The van der Waals surface area contributed by atoms with Crippen LogP contribution in [0.5, 0.6) is 0 Å². The molecule has 1 saturated carbocycles. The van der Waals surface area contributed by atoms with Crippen molar-refractivity contribution in [1.82, 2.24) is 10.2 Å². The Labute approximate surface area is 131 Å². The second-order valence-electron chi connectivity index (χ2n) is 6.29. The summed E-state index contributed by atoms with van der Waals surface area (Å²) >= 11 is 0. The molecule has 118 valence electrons. The van der Waals surface area contributed by atoms with E-state index in [1.165, 1.54) is 0 Å². The molecule has 2 fully saturated rings. The lowest BCUT2D eigenvalue weighted by Crippen LogP contribution is -2.34. The first-order chi connectivity index (χ1) is 10.6. The van der Waals surface area contributed by atoms with Gasteiger partial charge in [0, 0.05) is 36.8 Å². The van der Waals surface area contributed by atoms with E-state index >= 15 is 0 Å². The van der Waals surface area contributed by atoms with Crippen molar-refractivity contribution in [3.05, 3.63) is 29.8 Å². The number of carbonyl (C=O) groups is 2. The van der Waals surface area contributed by atoms with Gasteiger partial charge in [0.2, 0.25) is 5.91 Å². The Kier molecular flexibility index (Phi) is 4.43. The lowest BCUT2D eigenvalue weighted by Gasteiger charge is -2.20. The predicted octanol–water partition coefficient (Wildman–Crippen LogP) is 1.72. The molecule has 0 spiro atoms. The summed E-state index contributed by atoms with van der Waals surface area (Å²) in [6.07, 6.45) is 1.94. The number of anilines is 1. The summed E-state index contributed by atoms with van der Waals surface area (Å²) in [5, 5.41) is 6.22. The zero-order chi connectivity index (χ0) is 15.5. The number of benzene rings is 1. The second kappa shape index (κ2) is 6.48. The van der Waals surface area contributed by atoms with E-state index in [4.69, 9.17) is 0 Å². The molecule has 0 radical (unpaired) electrons. The Hall–Kier alpha value is -1.88. The summed E-state index contributed by atoms with van der Waals surface area (Å²) in [5.74, 6) is 0.723. The number of nitrogens with zero attached hydrogens (tertiary/aromatic N) is 1. The molecule has 2 atom stereocenters. The number of amides is 2. The molecule has 22 heavy (non-hydrogen) atoms. The van der Waals surface area contributed by atoms with Gasteiger partial charge in [-0.25, -0.2) is 0 Å². The molecular formula is C17H23N3O2. The molecule has 1 aromatic rings. The van der Waals surface area contributed by atoms with Crippen LogP contribution in [-0.4, -0.2) is 42.9 Å². The summed E-state index contributed by atoms with van der Waals surface area (Å²) in [4.78, 5) is 26.5. The average molecular weight is 301 g/mol. The standard InChI is InChI=1S/C17H23N3O2/c1-12-10-15(12)16(21)19-14-5-2-4-13(11-14)17(22)20-8-3-6-18-7-9-20/h2,4-5,11-12,15,18H,3,6-10H2,1H3,(H,19,21). The maximum Gasteiger partial charge on any atom is 0.253 e. The van der Waals surface area contributed by atoms with Crippen LogP contribution in [0.3, 0.4) is 0 Å². The third kappa shape index (κ3) is 3.47. The summed E-state index contributed by atoms with van der Waals surface area (Å²) < 4.78 is 0. The highest BCUT2D eigenvalue weighted by molar-refractivity contribution is 5.98. The molecule has 3 rings (SSSR count). The van der Waals surface area contributed by atoms with Crippen LogP contribution in [0.15, 0.2) is 24.3 Å². The zero-order valence-electron chi connectivity index (χ0n) is 13.0. The molecule has 2 aliphatic rings. The summed E-state index contributed by atoms with van der Waals surface area (Å²) in [6, 6.07) is 7.27. The van der Waals surface area contributed by atoms with Gasteiger partial charge in [0.25, 0.3) is 5.91 Å². The molecule has 5 heteroatoms. The molecule has 2 amide bonds. The van der Waals surface area contributed by atoms with Crippen LogP contribution in [0.25, 0.3) is 0 Å². The van der Waals surface area contributed by atoms with E-state index in [1.54, 1.807) is 6.07 Å². The van der Waals surface area contributed by atoms with E-state index in [1.807, 2.05) is 23.1 Å². The van der Waals surface area contributed by atoms with Crippen molar-refractivity contribution in [2.45, 2.75) is 19.8 Å². The molecular weight excluding hydrogens is 278 g/mol. The van der Waals surface area contributed by atoms with Crippen molar-refractivity contribution >= 4 is 17.5 Å². The minimum atomic E-state index is 0.0413. The molecule has 5 nitrogen and oxygen atoms in total. The SMILES string of the molecule is CC1CC1C(=O)Nc1cccc(C(=O)N2CCCNCC2)c1. The normalized spacial score (nSPS) is 24.5. The average Bonchev–Trinajstić information content (AvgIpc) is 3.29. The van der Waals surface area contributed by atoms with Gasteiger partial charge in [-0.2, -0.15) is 0 Å². The van der Waals surface area contributed by atoms with Gasteiger partial charge in [-0.1, -0.05) is 13.0 Å². The van der Waals surface area contributed by atoms with Crippen LogP contribution in [0.4, 0.5) is 5.69 Å². The predicted molar refractivity (Wildman–Crippen MR) is 85.7 cm³/mol. The molecule has 1 aliphatic heterocycles. The molecule has 1 aromatic carbocycles. The summed E-state index contributed by atoms with van der Waals surface area (Å²) in [5.41, 5.74) is 1.35. The van der Waals surface area contributed by atoms with E-state index in [-0.39, 0.29) is 17.7 Å². The Balaban J connectivity index is 1.67. The fourth-order valence-corrected chi connectivity index (χ4v) is 2.88. The Morgan fingerprint density at radius 2 is 2.09 bits per heavy atom. The maximum atomic E-state index is 12.6. The fraction of sp³-hybridized carbons (Fsp3) is 0.529. The lowest BCUT2D eigenvalue weighted by molar-refractivity contribution is -0.117. The van der Waals surface area contributed by atoms with Crippen LogP contribution in [0.2, 0.25) is 0 Å². The quantitative estimate of drug-likeness (QED) is 0.893. The van der Waals surface area contributed by atoms with Crippen molar-refractivity contribution in [3.8, 4) is 0 Å². The van der Waals surface area contributed by atoms with Crippen molar-refractivity contribution < 1.29 is 9.59 Å². The number of nitrogens with one attached hydrogen (secondary N) is 2. The van der Waals surface area contributed by atoms with Crippen LogP contribution < -0.4 is 10.6 Å². The minimum absolute atomic E-state index is 0.0413. The fourth-order valence-electron chi connectivity index (χ4n) is 2.88. The third-order valence-electron chi connectivity index (χ3n) is 4.45. The van der Waals surface area contributed by atoms with Crippen LogP contribution in [0.1, 0.15) is 30.1 Å². The van der Waals surface area contributed by atoms with Crippen LogP contribution >= 0.6 is 0 Å². The van der Waals surface area contributed by atoms with E-state index in [9.17, 15) is 9.59 Å². The first-order valence-corrected chi connectivity index (χ1v) is 8.06. The molecule has 1 heterocycles. The summed E-state index contributed by atoms with van der Waals surface area (Å²) in [6.45, 7) is 5.38. The maximum absolute atomic E-state index is 12.6. The van der Waals surface area contributed by atoms with Crippen molar-refractivity contribution in [1.29, 1.82) is 0 Å². The Bertz CT molecular complexity index is 565. The van der Waals surface area contributed by atoms with Gasteiger partial charge in [0.15, 0.2) is 0 Å². The van der Waals surface area contributed by atoms with Crippen molar-refractivity contribution in [2.75, 3.05) is 31.5 Å². The molecule has 1 saturated heterocycles. The Morgan fingerprint density at radius 1 is 1.27 bits per heavy atom. The monoisotopic (exact) mass is 301 g/mol. The second-order valence-corrected chi connectivity index (χ2v) is 6.29. The highest BCUT2D eigenvalue weighted by Crippen LogP contribution is 2.38. The minimum Gasteiger partial charge on any atom is -0.337 e. The molecule has 1 aliphatic carbocycles. The zero-order valence-corrected chi connectivity index (χ0v) is 13.0. The van der Waals surface area contributed by atoms with E-state index in [0.717, 1.165) is 39.0 Å². The largest absolute Gasteiger partial charge is 0.337 e. The third-order valence-corrected chi connectivity index (χ3v) is 4.45. The number of rotatable bonds is 3. The molecule has 2 N–H and O–H groups in total. The first-order valence-electron chi connectivity index (χ1n) is 8.06. The highest BCUT2D eigenvalue weighted by Gasteiger charge is 2.39. The number of carbonyl (C=O) groups excluding carboxylic acids is 2. The van der Waals surface area contributed by atoms with Crippen LogP contribution in [-0.2, 0) is 4.79 Å². The van der Waals surface area contributed by atoms with Gasteiger partial charge < -0.3 is 15.5 Å². The lowest BCUT2D eigenvalue weighted by atomic mass is 10.1. The smallest absolute Gasteiger partial charge is 0.253 e. The Morgan fingerprint density at radius 3 is 2.86 bits per heavy atom. The first kappa shape index (κ1) is 15.0. The van der Waals surface area contributed by atoms with Gasteiger partial charge >= 0.3 is 0 Å². The molecule has 0 aromatic heterocycles.